The summed E-state index contributed by atoms with van der Waals surface area (Å²) in [5.41, 5.74) is 3.87. The Kier molecular flexibility index (Phi) is 4.98. The second-order valence-corrected chi connectivity index (χ2v) is 14.4. The minimum Gasteiger partial charge on any atom is -0.393 e. The van der Waals surface area contributed by atoms with E-state index in [9.17, 15) is 5.11 Å². The highest BCUT2D eigenvalue weighted by Gasteiger charge is 2.82. The molecule has 5 saturated carbocycles. The largest absolute Gasteiger partial charge is 0.393 e. The minimum absolute atomic E-state index is 0.0840. The lowest BCUT2D eigenvalue weighted by molar-refractivity contribution is -0.161. The van der Waals surface area contributed by atoms with Gasteiger partial charge in [0.05, 0.1) is 6.10 Å². The maximum atomic E-state index is 10.8. The first kappa shape index (κ1) is 22.5. The first-order chi connectivity index (χ1) is 14.4. The molecule has 0 aromatic carbocycles. The Morgan fingerprint density at radius 3 is 2.26 bits per heavy atom. The molecular formula is C30H50O. The van der Waals surface area contributed by atoms with Crippen LogP contribution in [0.5, 0.6) is 0 Å². The number of allylic oxidation sites excluding steroid dienone is 2. The smallest absolute Gasteiger partial charge is 0.0594 e. The third kappa shape index (κ3) is 2.71. The normalized spacial score (nSPS) is 52.9. The third-order valence-electron chi connectivity index (χ3n) is 13.0. The molecule has 5 unspecified atom stereocenters. The molecule has 5 fully saturated rings. The molecule has 0 aromatic heterocycles. The van der Waals surface area contributed by atoms with E-state index in [1.165, 1.54) is 69.8 Å². The first-order valence-electron chi connectivity index (χ1n) is 13.8. The third-order valence-corrected chi connectivity index (χ3v) is 13.0. The second-order valence-electron chi connectivity index (χ2n) is 14.4. The van der Waals surface area contributed by atoms with E-state index in [1.54, 1.807) is 0 Å². The highest BCUT2D eigenvalue weighted by Crippen LogP contribution is 2.89. The Balaban J connectivity index is 1.41. The van der Waals surface area contributed by atoms with Crippen LogP contribution in [0, 0.1) is 50.7 Å². The fourth-order valence-corrected chi connectivity index (χ4v) is 11.1. The van der Waals surface area contributed by atoms with E-state index in [-0.39, 0.29) is 11.5 Å². The molecule has 0 heterocycles. The molecule has 0 aliphatic heterocycles. The van der Waals surface area contributed by atoms with Crippen molar-refractivity contribution >= 4 is 0 Å². The molecule has 31 heavy (non-hydrogen) atoms. The molecular weight excluding hydrogens is 376 g/mol. The molecule has 9 atom stereocenters. The molecule has 5 rings (SSSR count). The van der Waals surface area contributed by atoms with Crippen molar-refractivity contribution in [3.63, 3.8) is 0 Å². The van der Waals surface area contributed by atoms with Crippen LogP contribution in [0.15, 0.2) is 11.6 Å². The molecule has 1 nitrogen and oxygen atoms in total. The van der Waals surface area contributed by atoms with E-state index in [1.807, 2.05) is 0 Å². The van der Waals surface area contributed by atoms with Gasteiger partial charge in [0.25, 0.3) is 0 Å². The second kappa shape index (κ2) is 6.86. The monoisotopic (exact) mass is 426 g/mol. The SMILES string of the molecule is CC(C)=CCCC(C)C1CC[C@@]2(C)C3CCC4C(C)(C)C(O)CC[C@@]45C[C@@]35CC[C@]12C. The Labute approximate surface area is 192 Å². The number of fused-ring (bicyclic) bond motifs is 2. The van der Waals surface area contributed by atoms with Gasteiger partial charge >= 0.3 is 0 Å². The summed E-state index contributed by atoms with van der Waals surface area (Å²) in [7, 11) is 0. The van der Waals surface area contributed by atoms with Gasteiger partial charge in [0.15, 0.2) is 0 Å². The van der Waals surface area contributed by atoms with E-state index in [0.29, 0.717) is 21.7 Å². The molecule has 0 bridgehead atoms. The van der Waals surface area contributed by atoms with Gasteiger partial charge in [0.2, 0.25) is 0 Å². The van der Waals surface area contributed by atoms with Crippen LogP contribution in [0.4, 0.5) is 0 Å². The van der Waals surface area contributed by atoms with E-state index >= 15 is 0 Å². The summed E-state index contributed by atoms with van der Waals surface area (Å²) in [5.74, 6) is 3.46. The van der Waals surface area contributed by atoms with Crippen molar-refractivity contribution in [3.8, 4) is 0 Å². The Morgan fingerprint density at radius 1 is 0.871 bits per heavy atom. The van der Waals surface area contributed by atoms with Gasteiger partial charge < -0.3 is 5.11 Å². The average molecular weight is 427 g/mol. The predicted molar refractivity (Wildman–Crippen MR) is 131 cm³/mol. The summed E-state index contributed by atoms with van der Waals surface area (Å²) in [5, 5.41) is 10.8. The molecule has 2 spiro atoms. The van der Waals surface area contributed by atoms with E-state index < -0.39 is 0 Å². The van der Waals surface area contributed by atoms with Crippen LogP contribution in [0.1, 0.15) is 119 Å². The molecule has 1 heteroatoms. The molecule has 5 aliphatic rings. The quantitative estimate of drug-likeness (QED) is 0.449. The summed E-state index contributed by atoms with van der Waals surface area (Å²) >= 11 is 0. The molecule has 1 N–H and O–H groups in total. The van der Waals surface area contributed by atoms with Crippen LogP contribution in [-0.2, 0) is 0 Å². The van der Waals surface area contributed by atoms with Crippen molar-refractivity contribution in [3.05, 3.63) is 11.6 Å². The van der Waals surface area contributed by atoms with Crippen molar-refractivity contribution < 1.29 is 5.11 Å². The topological polar surface area (TPSA) is 20.2 Å². The Morgan fingerprint density at radius 2 is 1.55 bits per heavy atom. The van der Waals surface area contributed by atoms with Gasteiger partial charge in [-0.15, -0.1) is 0 Å². The van der Waals surface area contributed by atoms with Crippen molar-refractivity contribution in [2.45, 2.75) is 125 Å². The lowest BCUT2D eigenvalue weighted by Crippen LogP contribution is -2.57. The van der Waals surface area contributed by atoms with E-state index in [4.69, 9.17) is 0 Å². The minimum atomic E-state index is -0.0840. The lowest BCUT2D eigenvalue weighted by atomic mass is 9.41. The Hall–Kier alpha value is -0.300. The zero-order chi connectivity index (χ0) is 22.4. The summed E-state index contributed by atoms with van der Waals surface area (Å²) in [6.45, 7) is 17.3. The van der Waals surface area contributed by atoms with Crippen molar-refractivity contribution in [2.75, 3.05) is 0 Å². The zero-order valence-corrected chi connectivity index (χ0v) is 21.7. The van der Waals surface area contributed by atoms with Gasteiger partial charge in [-0.2, -0.15) is 0 Å². The fraction of sp³-hybridized carbons (Fsp3) is 0.933. The summed E-state index contributed by atoms with van der Waals surface area (Å²) in [6, 6.07) is 0. The standard InChI is InChI=1S/C30H50O/c1-20(2)9-8-10-21(3)22-13-15-28(7)24-12-11-23-26(4,5)25(31)14-16-29(23)19-30(24,29)18-17-27(22,28)6/h9,21-25,31H,8,10-19H2,1-7H3/t21?,22?,23?,24?,25?,27-,28+,29-,30+/m1/s1. The molecule has 5 aliphatic carbocycles. The number of rotatable bonds is 4. The van der Waals surface area contributed by atoms with Crippen LogP contribution in [-0.4, -0.2) is 11.2 Å². The fourth-order valence-electron chi connectivity index (χ4n) is 11.1. The molecule has 176 valence electrons. The number of hydrogen-bond acceptors (Lipinski definition) is 1. The maximum Gasteiger partial charge on any atom is 0.0594 e. The summed E-state index contributed by atoms with van der Waals surface area (Å²) in [6.07, 6.45) is 17.6. The van der Waals surface area contributed by atoms with Crippen molar-refractivity contribution in [2.24, 2.45) is 50.7 Å². The lowest BCUT2D eigenvalue weighted by Gasteiger charge is -2.63. The van der Waals surface area contributed by atoms with Crippen LogP contribution >= 0.6 is 0 Å². The van der Waals surface area contributed by atoms with Crippen molar-refractivity contribution in [1.82, 2.24) is 0 Å². The van der Waals surface area contributed by atoms with Gasteiger partial charge in [0, 0.05) is 0 Å². The van der Waals surface area contributed by atoms with Crippen molar-refractivity contribution in [1.29, 1.82) is 0 Å². The van der Waals surface area contributed by atoms with Gasteiger partial charge in [0.1, 0.15) is 0 Å². The number of aliphatic hydroxyl groups is 1. The van der Waals surface area contributed by atoms with Gasteiger partial charge in [-0.3, -0.25) is 0 Å². The predicted octanol–water partition coefficient (Wildman–Crippen LogP) is 8.17. The number of hydrogen-bond donors (Lipinski definition) is 1. The molecule has 0 amide bonds. The zero-order valence-electron chi connectivity index (χ0n) is 21.7. The molecule has 0 aromatic rings. The van der Waals surface area contributed by atoms with Crippen LogP contribution in [0.3, 0.4) is 0 Å². The van der Waals surface area contributed by atoms with Crippen LogP contribution < -0.4 is 0 Å². The Bertz CT molecular complexity index is 760. The number of aliphatic hydroxyl groups excluding tert-OH is 1. The van der Waals surface area contributed by atoms with Gasteiger partial charge in [-0.05, 0) is 135 Å². The van der Waals surface area contributed by atoms with Crippen LogP contribution in [0.2, 0.25) is 0 Å². The van der Waals surface area contributed by atoms with E-state index in [0.717, 1.165) is 30.1 Å². The van der Waals surface area contributed by atoms with Gasteiger partial charge in [-0.25, -0.2) is 0 Å². The average Bonchev–Trinajstić information content (AvgIpc) is 3.27. The van der Waals surface area contributed by atoms with E-state index in [2.05, 4.69) is 54.5 Å². The highest BCUT2D eigenvalue weighted by atomic mass is 16.3. The summed E-state index contributed by atoms with van der Waals surface area (Å²) in [4.78, 5) is 0. The first-order valence-corrected chi connectivity index (χ1v) is 13.8. The highest BCUT2D eigenvalue weighted by molar-refractivity contribution is 5.30. The molecule has 0 saturated heterocycles. The maximum absolute atomic E-state index is 10.8. The summed E-state index contributed by atoms with van der Waals surface area (Å²) < 4.78 is 0. The molecule has 0 radical (unpaired) electrons. The van der Waals surface area contributed by atoms with Gasteiger partial charge in [-0.1, -0.05) is 46.3 Å². The van der Waals surface area contributed by atoms with Crippen LogP contribution in [0.25, 0.3) is 0 Å².